The summed E-state index contributed by atoms with van der Waals surface area (Å²) in [4.78, 5) is 24.0. The minimum Gasteiger partial charge on any atom is -0.326 e. The Kier molecular flexibility index (Phi) is 6.71. The van der Waals surface area contributed by atoms with Gasteiger partial charge >= 0.3 is 0 Å². The van der Waals surface area contributed by atoms with Gasteiger partial charge in [-0.05, 0) is 61.5 Å². The van der Waals surface area contributed by atoms with Crippen LogP contribution in [-0.4, -0.2) is 20.2 Å². The number of anilines is 3. The Morgan fingerprint density at radius 3 is 2.00 bits per heavy atom. The van der Waals surface area contributed by atoms with Crippen LogP contribution in [0.3, 0.4) is 0 Å². The average Bonchev–Trinajstić information content (AvgIpc) is 2.76. The van der Waals surface area contributed by atoms with Crippen LogP contribution in [0.5, 0.6) is 0 Å². The van der Waals surface area contributed by atoms with Gasteiger partial charge in [-0.25, -0.2) is 8.42 Å². The van der Waals surface area contributed by atoms with Crippen LogP contribution < -0.4 is 15.4 Å². The van der Waals surface area contributed by atoms with Crippen LogP contribution in [0.1, 0.15) is 29.3 Å². The lowest BCUT2D eigenvalue weighted by Crippen LogP contribution is -2.16. The van der Waals surface area contributed by atoms with Gasteiger partial charge in [-0.2, -0.15) is 0 Å². The molecule has 0 spiro atoms. The van der Waals surface area contributed by atoms with Crippen molar-refractivity contribution < 1.29 is 18.0 Å². The highest BCUT2D eigenvalue weighted by molar-refractivity contribution is 7.92. The molecule has 0 bridgehead atoms. The van der Waals surface area contributed by atoms with Gasteiger partial charge in [0.2, 0.25) is 5.91 Å². The standard InChI is InChI=1S/C23H23N3O4S/c1-3-22(27)24-18-11-13-19(14-12-18)25-23(28)17-5-4-6-21(15-17)31(29,30)26-20-9-7-16(2)8-10-20/h4-15,26H,3H2,1-2H3,(H,24,27)(H,25,28). The fourth-order valence-corrected chi connectivity index (χ4v) is 3.83. The number of amides is 2. The van der Waals surface area contributed by atoms with E-state index < -0.39 is 15.9 Å². The van der Waals surface area contributed by atoms with Crippen molar-refractivity contribution in [3.8, 4) is 0 Å². The first kappa shape index (κ1) is 22.0. The van der Waals surface area contributed by atoms with Gasteiger partial charge in [0.1, 0.15) is 0 Å². The molecule has 3 N–H and O–H groups in total. The molecule has 0 saturated carbocycles. The lowest BCUT2D eigenvalue weighted by Gasteiger charge is -2.10. The molecule has 0 aliphatic heterocycles. The van der Waals surface area contributed by atoms with E-state index in [1.54, 1.807) is 55.5 Å². The molecule has 0 heterocycles. The predicted octanol–water partition coefficient (Wildman–Crippen LogP) is 4.40. The van der Waals surface area contributed by atoms with Gasteiger partial charge in [0.05, 0.1) is 4.90 Å². The van der Waals surface area contributed by atoms with Crippen molar-refractivity contribution in [2.45, 2.75) is 25.2 Å². The molecule has 0 fully saturated rings. The number of rotatable bonds is 7. The first-order valence-corrected chi connectivity index (χ1v) is 11.2. The fraction of sp³-hybridized carbons (Fsp3) is 0.130. The topological polar surface area (TPSA) is 104 Å². The smallest absolute Gasteiger partial charge is 0.261 e. The third kappa shape index (κ3) is 5.93. The van der Waals surface area contributed by atoms with Crippen LogP contribution >= 0.6 is 0 Å². The molecule has 0 radical (unpaired) electrons. The van der Waals surface area contributed by atoms with Crippen molar-refractivity contribution in [3.63, 3.8) is 0 Å². The lowest BCUT2D eigenvalue weighted by atomic mass is 10.2. The van der Waals surface area contributed by atoms with Crippen molar-refractivity contribution in [1.82, 2.24) is 0 Å². The molecule has 0 unspecified atom stereocenters. The maximum Gasteiger partial charge on any atom is 0.261 e. The van der Waals surface area contributed by atoms with E-state index in [4.69, 9.17) is 0 Å². The van der Waals surface area contributed by atoms with E-state index in [0.29, 0.717) is 23.5 Å². The SMILES string of the molecule is CCC(=O)Nc1ccc(NC(=O)c2cccc(S(=O)(=O)Nc3ccc(C)cc3)c2)cc1. The Morgan fingerprint density at radius 2 is 1.39 bits per heavy atom. The van der Waals surface area contributed by atoms with Crippen molar-refractivity contribution in [2.24, 2.45) is 0 Å². The van der Waals surface area contributed by atoms with Crippen LogP contribution in [0, 0.1) is 6.92 Å². The summed E-state index contributed by atoms with van der Waals surface area (Å²) < 4.78 is 27.9. The van der Waals surface area contributed by atoms with E-state index in [-0.39, 0.29) is 16.4 Å². The Labute approximate surface area is 181 Å². The zero-order chi connectivity index (χ0) is 22.4. The normalized spacial score (nSPS) is 10.9. The van der Waals surface area contributed by atoms with Gasteiger partial charge in [0.25, 0.3) is 15.9 Å². The van der Waals surface area contributed by atoms with E-state index in [2.05, 4.69) is 15.4 Å². The van der Waals surface area contributed by atoms with Gasteiger partial charge < -0.3 is 10.6 Å². The van der Waals surface area contributed by atoms with Crippen LogP contribution in [0.2, 0.25) is 0 Å². The lowest BCUT2D eigenvalue weighted by molar-refractivity contribution is -0.115. The van der Waals surface area contributed by atoms with Gasteiger partial charge in [0, 0.05) is 29.0 Å². The molecule has 7 nitrogen and oxygen atoms in total. The van der Waals surface area contributed by atoms with Gasteiger partial charge in [-0.1, -0.05) is 30.7 Å². The van der Waals surface area contributed by atoms with Crippen LogP contribution in [0.4, 0.5) is 17.1 Å². The number of aryl methyl sites for hydroxylation is 1. The van der Waals surface area contributed by atoms with Gasteiger partial charge in [-0.15, -0.1) is 0 Å². The van der Waals surface area contributed by atoms with Crippen LogP contribution in [-0.2, 0) is 14.8 Å². The Morgan fingerprint density at radius 1 is 0.806 bits per heavy atom. The number of hydrogen-bond acceptors (Lipinski definition) is 4. The minimum atomic E-state index is -3.84. The summed E-state index contributed by atoms with van der Waals surface area (Å²) in [6.07, 6.45) is 0.372. The maximum atomic E-state index is 12.7. The molecule has 0 aliphatic rings. The zero-order valence-corrected chi connectivity index (χ0v) is 18.0. The number of sulfonamides is 1. The summed E-state index contributed by atoms with van der Waals surface area (Å²) >= 11 is 0. The number of benzene rings is 3. The summed E-state index contributed by atoms with van der Waals surface area (Å²) in [6.45, 7) is 3.67. The van der Waals surface area contributed by atoms with Crippen LogP contribution in [0.15, 0.2) is 77.7 Å². The minimum absolute atomic E-state index is 0.0154. The summed E-state index contributed by atoms with van der Waals surface area (Å²) in [5, 5.41) is 5.45. The van der Waals surface area contributed by atoms with E-state index in [0.717, 1.165) is 5.56 Å². The molecule has 3 rings (SSSR count). The summed E-state index contributed by atoms with van der Waals surface area (Å²) in [7, 11) is -3.84. The zero-order valence-electron chi connectivity index (χ0n) is 17.2. The number of carbonyl (C=O) groups is 2. The summed E-state index contributed by atoms with van der Waals surface area (Å²) in [5.74, 6) is -0.549. The highest BCUT2D eigenvalue weighted by Crippen LogP contribution is 2.19. The second kappa shape index (κ2) is 9.44. The van der Waals surface area contributed by atoms with Crippen LogP contribution in [0.25, 0.3) is 0 Å². The third-order valence-electron chi connectivity index (χ3n) is 4.46. The van der Waals surface area contributed by atoms with Crippen molar-refractivity contribution in [2.75, 3.05) is 15.4 Å². The average molecular weight is 438 g/mol. The van der Waals surface area contributed by atoms with E-state index >= 15 is 0 Å². The molecule has 0 atom stereocenters. The first-order valence-electron chi connectivity index (χ1n) is 9.67. The quantitative estimate of drug-likeness (QED) is 0.510. The fourth-order valence-electron chi connectivity index (χ4n) is 2.73. The maximum absolute atomic E-state index is 12.7. The molecular formula is C23H23N3O4S. The molecule has 0 aromatic heterocycles. The molecule has 3 aromatic carbocycles. The van der Waals surface area contributed by atoms with Gasteiger partial charge in [0.15, 0.2) is 0 Å². The first-order chi connectivity index (χ1) is 14.8. The molecule has 3 aromatic rings. The van der Waals surface area contributed by atoms with E-state index in [1.807, 2.05) is 6.92 Å². The van der Waals surface area contributed by atoms with E-state index in [1.165, 1.54) is 24.3 Å². The van der Waals surface area contributed by atoms with Gasteiger partial charge in [-0.3, -0.25) is 14.3 Å². The molecule has 0 aliphatic carbocycles. The molecule has 160 valence electrons. The van der Waals surface area contributed by atoms with Crippen molar-refractivity contribution in [1.29, 1.82) is 0 Å². The molecule has 8 heteroatoms. The van der Waals surface area contributed by atoms with E-state index in [9.17, 15) is 18.0 Å². The largest absolute Gasteiger partial charge is 0.326 e. The Balaban J connectivity index is 1.72. The molecule has 2 amide bonds. The second-order valence-electron chi connectivity index (χ2n) is 6.93. The molecule has 0 saturated heterocycles. The molecule has 31 heavy (non-hydrogen) atoms. The Bertz CT molecular complexity index is 1190. The highest BCUT2D eigenvalue weighted by Gasteiger charge is 2.17. The summed E-state index contributed by atoms with van der Waals surface area (Å²) in [6, 6.07) is 19.4. The molecular weight excluding hydrogens is 414 g/mol. The number of nitrogens with one attached hydrogen (secondary N) is 3. The van der Waals surface area contributed by atoms with Crippen molar-refractivity contribution in [3.05, 3.63) is 83.9 Å². The van der Waals surface area contributed by atoms with Crippen molar-refractivity contribution >= 4 is 38.9 Å². The highest BCUT2D eigenvalue weighted by atomic mass is 32.2. The summed E-state index contributed by atoms with van der Waals surface area (Å²) in [5.41, 5.74) is 2.80. The third-order valence-corrected chi connectivity index (χ3v) is 5.84. The second-order valence-corrected chi connectivity index (χ2v) is 8.61. The number of hydrogen-bond donors (Lipinski definition) is 3. The Hall–Kier alpha value is -3.65. The number of carbonyl (C=O) groups excluding carboxylic acids is 2. The predicted molar refractivity (Wildman–Crippen MR) is 122 cm³/mol. The monoisotopic (exact) mass is 437 g/mol.